The summed E-state index contributed by atoms with van der Waals surface area (Å²) >= 11 is 0. The first kappa shape index (κ1) is 14.2. The summed E-state index contributed by atoms with van der Waals surface area (Å²) in [5.74, 6) is -0.114. The molecule has 0 radical (unpaired) electrons. The third-order valence-corrected chi connectivity index (χ3v) is 4.66. The molecule has 1 atom stereocenters. The highest BCUT2D eigenvalue weighted by Crippen LogP contribution is 2.38. The van der Waals surface area contributed by atoms with E-state index in [1.54, 1.807) is 16.7 Å². The number of hydrogen-bond donors (Lipinski definition) is 0. The molecule has 2 aliphatic rings. The van der Waals surface area contributed by atoms with E-state index in [-0.39, 0.29) is 11.8 Å². The lowest BCUT2D eigenvalue weighted by Gasteiger charge is -2.33. The van der Waals surface area contributed by atoms with Gasteiger partial charge in [0.15, 0.2) is 0 Å². The van der Waals surface area contributed by atoms with Crippen molar-refractivity contribution in [2.75, 3.05) is 31.2 Å². The van der Waals surface area contributed by atoms with E-state index in [1.807, 2.05) is 36.4 Å². The minimum absolute atomic E-state index is 0.0218. The Morgan fingerprint density at radius 3 is 2.57 bits per heavy atom. The second kappa shape index (κ2) is 5.35. The van der Waals surface area contributed by atoms with Crippen molar-refractivity contribution in [1.29, 1.82) is 0 Å². The molecule has 0 saturated carbocycles. The predicted molar refractivity (Wildman–Crippen MR) is 87.6 cm³/mol. The first-order valence-corrected chi connectivity index (χ1v) is 7.90. The van der Waals surface area contributed by atoms with Gasteiger partial charge in [-0.3, -0.25) is 14.5 Å². The van der Waals surface area contributed by atoms with Crippen LogP contribution in [0.4, 0.5) is 5.69 Å². The van der Waals surface area contributed by atoms with Crippen molar-refractivity contribution in [2.45, 2.75) is 13.0 Å². The summed E-state index contributed by atoms with van der Waals surface area (Å²) in [5, 5.41) is 1.98. The highest BCUT2D eigenvalue weighted by atomic mass is 16.5. The van der Waals surface area contributed by atoms with Crippen LogP contribution in [0.5, 0.6) is 0 Å². The molecule has 1 saturated heterocycles. The zero-order valence-electron chi connectivity index (χ0n) is 13.0. The van der Waals surface area contributed by atoms with E-state index in [2.05, 4.69) is 0 Å². The number of carbonyl (C=O) groups excluding carboxylic acids is 2. The second-order valence-electron chi connectivity index (χ2n) is 5.97. The van der Waals surface area contributed by atoms with Crippen LogP contribution in [0, 0.1) is 0 Å². The molecule has 0 bridgehead atoms. The van der Waals surface area contributed by atoms with Gasteiger partial charge in [-0.15, -0.1) is 0 Å². The van der Waals surface area contributed by atoms with Crippen molar-refractivity contribution in [3.05, 3.63) is 42.0 Å². The lowest BCUT2D eigenvalue weighted by Crippen LogP contribution is -2.51. The molecule has 1 fully saturated rings. The van der Waals surface area contributed by atoms with Gasteiger partial charge in [-0.05, 0) is 24.4 Å². The molecule has 2 aliphatic heterocycles. The molecule has 0 spiro atoms. The summed E-state index contributed by atoms with van der Waals surface area (Å²) in [6, 6.07) is 11.0. The summed E-state index contributed by atoms with van der Waals surface area (Å²) in [6.45, 7) is 4.09. The molecule has 118 valence electrons. The molecule has 4 rings (SSSR count). The van der Waals surface area contributed by atoms with E-state index in [0.29, 0.717) is 31.9 Å². The van der Waals surface area contributed by atoms with Crippen LogP contribution in [0.1, 0.15) is 17.3 Å². The number of amides is 2. The van der Waals surface area contributed by atoms with Crippen LogP contribution < -0.4 is 4.90 Å². The monoisotopic (exact) mass is 310 g/mol. The number of hydrogen-bond acceptors (Lipinski definition) is 3. The summed E-state index contributed by atoms with van der Waals surface area (Å²) in [4.78, 5) is 29.0. The van der Waals surface area contributed by atoms with Crippen molar-refractivity contribution < 1.29 is 14.3 Å². The van der Waals surface area contributed by atoms with Gasteiger partial charge in [-0.1, -0.05) is 24.3 Å². The minimum Gasteiger partial charge on any atom is -0.378 e. The first-order valence-electron chi connectivity index (χ1n) is 7.90. The van der Waals surface area contributed by atoms with Crippen LogP contribution in [-0.4, -0.2) is 49.1 Å². The lowest BCUT2D eigenvalue weighted by molar-refractivity contribution is -0.136. The Kier molecular flexibility index (Phi) is 3.31. The SMILES string of the molecule is C[C@@H](C(=O)N1CCOCC1)N1C(=O)c2cccc3cccc1c23. The molecule has 23 heavy (non-hydrogen) atoms. The Morgan fingerprint density at radius 1 is 1.13 bits per heavy atom. The Bertz CT molecular complexity index is 791. The molecule has 0 N–H and O–H groups in total. The molecule has 2 heterocycles. The maximum Gasteiger partial charge on any atom is 0.259 e. The number of anilines is 1. The molecular weight excluding hydrogens is 292 g/mol. The number of rotatable bonds is 2. The van der Waals surface area contributed by atoms with Gasteiger partial charge in [0, 0.05) is 24.0 Å². The highest BCUT2D eigenvalue weighted by molar-refractivity contribution is 6.26. The van der Waals surface area contributed by atoms with E-state index in [1.165, 1.54) is 0 Å². The number of morpholine rings is 1. The van der Waals surface area contributed by atoms with E-state index in [0.717, 1.165) is 16.5 Å². The van der Waals surface area contributed by atoms with Crippen LogP contribution >= 0.6 is 0 Å². The van der Waals surface area contributed by atoms with Crippen molar-refractivity contribution in [3.63, 3.8) is 0 Å². The van der Waals surface area contributed by atoms with Crippen molar-refractivity contribution in [1.82, 2.24) is 4.90 Å². The fourth-order valence-electron chi connectivity index (χ4n) is 3.48. The van der Waals surface area contributed by atoms with Gasteiger partial charge in [0.2, 0.25) is 5.91 Å². The van der Waals surface area contributed by atoms with Crippen LogP contribution in [0.3, 0.4) is 0 Å². The van der Waals surface area contributed by atoms with E-state index >= 15 is 0 Å². The fraction of sp³-hybridized carbons (Fsp3) is 0.333. The van der Waals surface area contributed by atoms with Gasteiger partial charge in [0.05, 0.1) is 18.9 Å². The Labute approximate surface area is 134 Å². The van der Waals surface area contributed by atoms with Crippen LogP contribution in [-0.2, 0) is 9.53 Å². The van der Waals surface area contributed by atoms with E-state index in [9.17, 15) is 9.59 Å². The zero-order chi connectivity index (χ0) is 16.0. The first-order chi connectivity index (χ1) is 11.2. The smallest absolute Gasteiger partial charge is 0.259 e. The summed E-state index contributed by atoms with van der Waals surface area (Å²) in [6.07, 6.45) is 0. The fourth-order valence-corrected chi connectivity index (χ4v) is 3.48. The summed E-state index contributed by atoms with van der Waals surface area (Å²) in [7, 11) is 0. The number of ether oxygens (including phenoxy) is 1. The molecule has 0 unspecified atom stereocenters. The summed E-state index contributed by atoms with van der Waals surface area (Å²) < 4.78 is 5.30. The number of carbonyl (C=O) groups is 2. The normalized spacial score (nSPS) is 18.6. The maximum atomic E-state index is 12.8. The van der Waals surface area contributed by atoms with E-state index < -0.39 is 6.04 Å². The molecule has 2 amide bonds. The Morgan fingerprint density at radius 2 is 1.83 bits per heavy atom. The van der Waals surface area contributed by atoms with Crippen molar-refractivity contribution in [3.8, 4) is 0 Å². The molecule has 2 aromatic carbocycles. The quantitative estimate of drug-likeness (QED) is 0.853. The largest absolute Gasteiger partial charge is 0.378 e. The van der Waals surface area contributed by atoms with Gasteiger partial charge < -0.3 is 9.64 Å². The lowest BCUT2D eigenvalue weighted by atomic mass is 10.1. The number of benzene rings is 2. The average Bonchev–Trinajstić information content (AvgIpc) is 2.89. The summed E-state index contributed by atoms with van der Waals surface area (Å²) in [5.41, 5.74) is 1.51. The average molecular weight is 310 g/mol. The molecular formula is C18H18N2O3. The third kappa shape index (κ3) is 2.11. The van der Waals surface area contributed by atoms with Gasteiger partial charge in [0.1, 0.15) is 6.04 Å². The van der Waals surface area contributed by atoms with Gasteiger partial charge >= 0.3 is 0 Å². The Hall–Kier alpha value is -2.40. The second-order valence-corrected chi connectivity index (χ2v) is 5.97. The molecule has 2 aromatic rings. The van der Waals surface area contributed by atoms with E-state index in [4.69, 9.17) is 4.74 Å². The van der Waals surface area contributed by atoms with Crippen LogP contribution in [0.2, 0.25) is 0 Å². The van der Waals surface area contributed by atoms with Crippen molar-refractivity contribution >= 4 is 28.3 Å². The molecule has 0 aliphatic carbocycles. The molecule has 5 heteroatoms. The van der Waals surface area contributed by atoms with Gasteiger partial charge in [-0.25, -0.2) is 0 Å². The molecule has 0 aromatic heterocycles. The standard InChI is InChI=1S/C18H18N2O3/c1-12(17(21)19-8-10-23-11-9-19)20-15-7-3-5-13-4-2-6-14(16(13)15)18(20)22/h2-7,12H,8-11H2,1H3/t12-/m0/s1. The Balaban J connectivity index is 1.71. The zero-order valence-corrected chi connectivity index (χ0v) is 13.0. The maximum absolute atomic E-state index is 12.8. The van der Waals surface area contributed by atoms with Gasteiger partial charge in [-0.2, -0.15) is 0 Å². The minimum atomic E-state index is -0.515. The van der Waals surface area contributed by atoms with Crippen LogP contribution in [0.25, 0.3) is 10.8 Å². The third-order valence-electron chi connectivity index (χ3n) is 4.66. The molecule has 5 nitrogen and oxygen atoms in total. The number of nitrogens with zero attached hydrogens (tertiary/aromatic N) is 2. The van der Waals surface area contributed by atoms with Crippen molar-refractivity contribution in [2.24, 2.45) is 0 Å². The van der Waals surface area contributed by atoms with Crippen LogP contribution in [0.15, 0.2) is 36.4 Å². The van der Waals surface area contributed by atoms with Gasteiger partial charge in [0.25, 0.3) is 5.91 Å². The topological polar surface area (TPSA) is 49.9 Å². The highest BCUT2D eigenvalue weighted by Gasteiger charge is 2.37. The predicted octanol–water partition coefficient (Wildman–Crippen LogP) is 2.05.